The van der Waals surface area contributed by atoms with Gasteiger partial charge >= 0.3 is 0 Å². The standard InChI is InChI=1S/C17H14N6/c1-11-16(8-19)17(14-5-3-13(7-18)4-6-14)12(2)23(11)10-15-9-20-22-21-15/h3-6,9H,10H2,1-2H3,(H,20,21,22). The number of hydrogen-bond donors (Lipinski definition) is 1. The van der Waals surface area contributed by atoms with Gasteiger partial charge in [0.15, 0.2) is 0 Å². The van der Waals surface area contributed by atoms with Gasteiger partial charge in [-0.25, -0.2) is 0 Å². The number of rotatable bonds is 3. The van der Waals surface area contributed by atoms with Gasteiger partial charge in [-0.1, -0.05) is 12.1 Å². The maximum absolute atomic E-state index is 9.58. The zero-order chi connectivity index (χ0) is 16.4. The van der Waals surface area contributed by atoms with Crippen LogP contribution in [0.4, 0.5) is 0 Å². The highest BCUT2D eigenvalue weighted by Gasteiger charge is 2.19. The molecule has 3 rings (SSSR count). The van der Waals surface area contributed by atoms with E-state index in [-0.39, 0.29) is 0 Å². The number of nitrogens with one attached hydrogen (secondary N) is 1. The minimum Gasteiger partial charge on any atom is -0.341 e. The van der Waals surface area contributed by atoms with Gasteiger partial charge < -0.3 is 4.57 Å². The molecule has 112 valence electrons. The fraction of sp³-hybridized carbons (Fsp3) is 0.176. The van der Waals surface area contributed by atoms with E-state index in [1.165, 1.54) is 0 Å². The topological polar surface area (TPSA) is 94.1 Å². The average Bonchev–Trinajstić information content (AvgIpc) is 3.17. The predicted molar refractivity (Wildman–Crippen MR) is 84.3 cm³/mol. The van der Waals surface area contributed by atoms with Crippen LogP contribution in [0.25, 0.3) is 11.1 Å². The number of nitrogens with zero attached hydrogens (tertiary/aromatic N) is 5. The Kier molecular flexibility index (Phi) is 3.66. The summed E-state index contributed by atoms with van der Waals surface area (Å²) >= 11 is 0. The first kappa shape index (κ1) is 14.6. The maximum Gasteiger partial charge on any atom is 0.102 e. The molecule has 0 aliphatic carbocycles. The average molecular weight is 302 g/mol. The minimum atomic E-state index is 0.555. The smallest absolute Gasteiger partial charge is 0.102 e. The van der Waals surface area contributed by atoms with Gasteiger partial charge in [-0.05, 0) is 31.5 Å². The Morgan fingerprint density at radius 1 is 1.09 bits per heavy atom. The molecule has 0 fully saturated rings. The number of nitriles is 2. The number of aromatic amines is 1. The van der Waals surface area contributed by atoms with Crippen LogP contribution in [0, 0.1) is 36.5 Å². The molecule has 0 bridgehead atoms. The Balaban J connectivity index is 2.13. The van der Waals surface area contributed by atoms with Gasteiger partial charge in [0.05, 0.1) is 29.9 Å². The van der Waals surface area contributed by atoms with Crippen molar-refractivity contribution in [3.05, 3.63) is 58.7 Å². The molecule has 6 heteroatoms. The lowest BCUT2D eigenvalue weighted by Gasteiger charge is -2.07. The maximum atomic E-state index is 9.58. The van der Waals surface area contributed by atoms with Crippen LogP contribution in [0.3, 0.4) is 0 Å². The van der Waals surface area contributed by atoms with Gasteiger partial charge in [-0.2, -0.15) is 25.9 Å². The Hall–Kier alpha value is -3.38. The van der Waals surface area contributed by atoms with Crippen LogP contribution in [0.2, 0.25) is 0 Å². The molecular weight excluding hydrogens is 288 g/mol. The van der Waals surface area contributed by atoms with Crippen molar-refractivity contribution in [2.24, 2.45) is 0 Å². The van der Waals surface area contributed by atoms with E-state index in [1.807, 2.05) is 26.0 Å². The first-order valence-electron chi connectivity index (χ1n) is 7.10. The SMILES string of the molecule is Cc1c(C#N)c(-c2ccc(C#N)cc2)c(C)n1Cc1cn[nH]n1. The summed E-state index contributed by atoms with van der Waals surface area (Å²) in [4.78, 5) is 0. The zero-order valence-corrected chi connectivity index (χ0v) is 12.8. The summed E-state index contributed by atoms with van der Waals surface area (Å²) < 4.78 is 2.06. The molecular formula is C17H14N6. The Labute approximate surface area is 133 Å². The zero-order valence-electron chi connectivity index (χ0n) is 12.8. The van der Waals surface area contributed by atoms with Crippen molar-refractivity contribution in [2.45, 2.75) is 20.4 Å². The van der Waals surface area contributed by atoms with Gasteiger partial charge in [0.2, 0.25) is 0 Å². The van der Waals surface area contributed by atoms with Gasteiger partial charge in [0.25, 0.3) is 0 Å². The molecule has 0 saturated carbocycles. The molecule has 0 unspecified atom stereocenters. The van der Waals surface area contributed by atoms with Crippen LogP contribution in [-0.4, -0.2) is 20.0 Å². The Morgan fingerprint density at radius 3 is 2.39 bits per heavy atom. The monoisotopic (exact) mass is 302 g/mol. The fourth-order valence-corrected chi connectivity index (χ4v) is 2.79. The minimum absolute atomic E-state index is 0.555. The van der Waals surface area contributed by atoms with Crippen molar-refractivity contribution in [3.8, 4) is 23.3 Å². The van der Waals surface area contributed by atoms with E-state index in [0.29, 0.717) is 17.7 Å². The third kappa shape index (κ3) is 2.47. The summed E-state index contributed by atoms with van der Waals surface area (Å²) in [6.45, 7) is 4.47. The van der Waals surface area contributed by atoms with E-state index in [9.17, 15) is 5.26 Å². The predicted octanol–water partition coefficient (Wildman–Crippen LogP) is 2.68. The second kappa shape index (κ2) is 5.78. The Bertz CT molecular complexity index is 918. The second-order valence-corrected chi connectivity index (χ2v) is 5.27. The lowest BCUT2D eigenvalue weighted by atomic mass is 10.0. The molecule has 0 amide bonds. The van der Waals surface area contributed by atoms with Crippen molar-refractivity contribution >= 4 is 0 Å². The molecule has 1 aromatic carbocycles. The molecule has 0 aliphatic rings. The normalized spacial score (nSPS) is 10.3. The molecule has 3 aromatic rings. The van der Waals surface area contributed by atoms with Crippen molar-refractivity contribution in [1.82, 2.24) is 20.0 Å². The van der Waals surface area contributed by atoms with E-state index in [0.717, 1.165) is 28.2 Å². The van der Waals surface area contributed by atoms with Crippen molar-refractivity contribution in [1.29, 1.82) is 10.5 Å². The van der Waals surface area contributed by atoms with E-state index < -0.39 is 0 Å². The molecule has 2 heterocycles. The Morgan fingerprint density at radius 2 is 1.83 bits per heavy atom. The van der Waals surface area contributed by atoms with E-state index in [4.69, 9.17) is 5.26 Å². The quantitative estimate of drug-likeness (QED) is 0.804. The van der Waals surface area contributed by atoms with Gasteiger partial charge in [-0.15, -0.1) is 0 Å². The summed E-state index contributed by atoms with van der Waals surface area (Å²) in [5.41, 5.74) is 5.78. The van der Waals surface area contributed by atoms with Crippen LogP contribution >= 0.6 is 0 Å². The number of aromatic nitrogens is 4. The van der Waals surface area contributed by atoms with E-state index in [1.54, 1.807) is 18.3 Å². The van der Waals surface area contributed by atoms with Crippen LogP contribution in [0.1, 0.15) is 28.2 Å². The summed E-state index contributed by atoms with van der Waals surface area (Å²) in [6.07, 6.45) is 1.67. The number of benzene rings is 1. The van der Waals surface area contributed by atoms with E-state index in [2.05, 4.69) is 32.1 Å². The van der Waals surface area contributed by atoms with Crippen molar-refractivity contribution in [3.63, 3.8) is 0 Å². The second-order valence-electron chi connectivity index (χ2n) is 5.27. The first-order chi connectivity index (χ1) is 11.2. The van der Waals surface area contributed by atoms with Crippen molar-refractivity contribution in [2.75, 3.05) is 0 Å². The lowest BCUT2D eigenvalue weighted by molar-refractivity contribution is 0.726. The summed E-state index contributed by atoms with van der Waals surface area (Å²) in [5.74, 6) is 0. The molecule has 6 nitrogen and oxygen atoms in total. The molecule has 0 atom stereocenters. The molecule has 0 spiro atoms. The van der Waals surface area contributed by atoms with Gasteiger partial charge in [0.1, 0.15) is 11.8 Å². The molecule has 23 heavy (non-hydrogen) atoms. The summed E-state index contributed by atoms with van der Waals surface area (Å²) in [5, 5.41) is 29.0. The first-order valence-corrected chi connectivity index (χ1v) is 7.10. The van der Waals surface area contributed by atoms with Gasteiger partial charge in [-0.3, -0.25) is 0 Å². The molecule has 1 N–H and O–H groups in total. The van der Waals surface area contributed by atoms with Gasteiger partial charge in [0, 0.05) is 17.0 Å². The number of hydrogen-bond acceptors (Lipinski definition) is 4. The molecule has 2 aromatic heterocycles. The third-order valence-electron chi connectivity index (χ3n) is 3.98. The third-order valence-corrected chi connectivity index (χ3v) is 3.98. The number of H-pyrrole nitrogens is 1. The lowest BCUT2D eigenvalue weighted by Crippen LogP contribution is -2.04. The van der Waals surface area contributed by atoms with Crippen molar-refractivity contribution < 1.29 is 0 Å². The largest absolute Gasteiger partial charge is 0.341 e. The fourth-order valence-electron chi connectivity index (χ4n) is 2.79. The van der Waals surface area contributed by atoms with Crippen LogP contribution in [0.5, 0.6) is 0 Å². The van der Waals surface area contributed by atoms with E-state index >= 15 is 0 Å². The highest BCUT2D eigenvalue weighted by Crippen LogP contribution is 2.32. The van der Waals surface area contributed by atoms with Crippen LogP contribution in [-0.2, 0) is 6.54 Å². The molecule has 0 saturated heterocycles. The highest BCUT2D eigenvalue weighted by atomic mass is 15.3. The summed E-state index contributed by atoms with van der Waals surface area (Å²) in [6, 6.07) is 11.7. The van der Waals surface area contributed by atoms with Crippen LogP contribution in [0.15, 0.2) is 30.5 Å². The molecule has 0 radical (unpaired) electrons. The summed E-state index contributed by atoms with van der Waals surface area (Å²) in [7, 11) is 0. The molecule has 0 aliphatic heterocycles. The highest BCUT2D eigenvalue weighted by molar-refractivity contribution is 5.75. The van der Waals surface area contributed by atoms with Crippen LogP contribution < -0.4 is 0 Å².